The van der Waals surface area contributed by atoms with Crippen LogP contribution < -0.4 is 5.32 Å². The maximum atomic E-state index is 5.76. The van der Waals surface area contributed by atoms with Crippen molar-refractivity contribution in [2.24, 2.45) is 0 Å². The Morgan fingerprint density at radius 3 is 2.35 bits per heavy atom. The van der Waals surface area contributed by atoms with E-state index in [1.54, 1.807) is 6.26 Å². The van der Waals surface area contributed by atoms with Crippen LogP contribution in [0.15, 0.2) is 16.7 Å². The third-order valence-electron chi connectivity index (χ3n) is 2.28. The van der Waals surface area contributed by atoms with Crippen molar-refractivity contribution < 1.29 is 9.15 Å². The lowest BCUT2D eigenvalue weighted by atomic mass is 10.1. The van der Waals surface area contributed by atoms with E-state index < -0.39 is 0 Å². The van der Waals surface area contributed by atoms with Crippen LogP contribution >= 0.6 is 0 Å². The molecule has 1 aromatic rings. The molecule has 0 saturated heterocycles. The Hall–Kier alpha value is -0.800. The first kappa shape index (κ1) is 14.3. The molecule has 98 valence electrons. The molecule has 0 aliphatic rings. The number of hydrogen-bond donors (Lipinski definition) is 1. The Morgan fingerprint density at radius 1 is 1.18 bits per heavy atom. The minimum absolute atomic E-state index is 0.0922. The smallest absolute Gasteiger partial charge is 0.123 e. The molecule has 0 aromatic carbocycles. The van der Waals surface area contributed by atoms with Gasteiger partial charge in [0.2, 0.25) is 0 Å². The van der Waals surface area contributed by atoms with Crippen molar-refractivity contribution in [3.05, 3.63) is 23.7 Å². The molecule has 0 atom stereocenters. The van der Waals surface area contributed by atoms with E-state index in [4.69, 9.17) is 9.15 Å². The summed E-state index contributed by atoms with van der Waals surface area (Å²) >= 11 is 0. The van der Waals surface area contributed by atoms with Gasteiger partial charge in [0, 0.05) is 11.1 Å². The summed E-state index contributed by atoms with van der Waals surface area (Å²) in [6, 6.07) is 1.98. The molecule has 1 rings (SSSR count). The van der Waals surface area contributed by atoms with Crippen molar-refractivity contribution in [1.82, 2.24) is 5.32 Å². The number of hydrogen-bond acceptors (Lipinski definition) is 3. The average molecular weight is 239 g/mol. The number of furan rings is 1. The zero-order valence-electron chi connectivity index (χ0n) is 11.9. The number of nitrogens with one attached hydrogen (secondary N) is 1. The summed E-state index contributed by atoms with van der Waals surface area (Å²) in [6.45, 7) is 13.9. The highest BCUT2D eigenvalue weighted by Gasteiger charge is 2.15. The molecule has 0 aliphatic carbocycles. The monoisotopic (exact) mass is 239 g/mol. The van der Waals surface area contributed by atoms with Gasteiger partial charge in [-0.05, 0) is 47.6 Å². The molecule has 0 saturated carbocycles. The standard InChI is InChI=1S/C14H25NO2/c1-13(2,3)15-9-12-11(7-8-16-12)10-17-14(4,5)6/h7-8,15H,9-10H2,1-6H3. The van der Waals surface area contributed by atoms with E-state index in [0.717, 1.165) is 17.9 Å². The summed E-state index contributed by atoms with van der Waals surface area (Å²) < 4.78 is 11.2. The lowest BCUT2D eigenvalue weighted by molar-refractivity contribution is -0.0155. The Kier molecular flexibility index (Phi) is 4.39. The van der Waals surface area contributed by atoms with Crippen LogP contribution in [0, 0.1) is 0 Å². The van der Waals surface area contributed by atoms with E-state index in [1.807, 2.05) is 6.07 Å². The van der Waals surface area contributed by atoms with Crippen LogP contribution in [0.1, 0.15) is 52.9 Å². The first-order valence-corrected chi connectivity index (χ1v) is 6.12. The zero-order chi connectivity index (χ0) is 13.1. The van der Waals surface area contributed by atoms with Gasteiger partial charge in [0.15, 0.2) is 0 Å². The first-order valence-electron chi connectivity index (χ1n) is 6.12. The largest absolute Gasteiger partial charge is 0.468 e. The minimum Gasteiger partial charge on any atom is -0.468 e. The van der Waals surface area contributed by atoms with E-state index in [1.165, 1.54) is 0 Å². The summed E-state index contributed by atoms with van der Waals surface area (Å²) in [4.78, 5) is 0. The SMILES string of the molecule is CC(C)(C)NCc1occc1COC(C)(C)C. The van der Waals surface area contributed by atoms with Gasteiger partial charge in [0.25, 0.3) is 0 Å². The molecule has 0 bridgehead atoms. The Bertz CT molecular complexity index is 309. The second kappa shape index (κ2) is 5.23. The molecule has 1 N–H and O–H groups in total. The van der Waals surface area contributed by atoms with Crippen LogP contribution in [-0.4, -0.2) is 11.1 Å². The number of rotatable bonds is 4. The molecule has 0 unspecified atom stereocenters. The summed E-state index contributed by atoms with van der Waals surface area (Å²) in [5.41, 5.74) is 1.10. The van der Waals surface area contributed by atoms with Gasteiger partial charge in [-0.1, -0.05) is 0 Å². The van der Waals surface area contributed by atoms with Crippen molar-refractivity contribution in [3.63, 3.8) is 0 Å². The fourth-order valence-corrected chi connectivity index (χ4v) is 1.29. The van der Waals surface area contributed by atoms with Crippen LogP contribution in [-0.2, 0) is 17.9 Å². The summed E-state index contributed by atoms with van der Waals surface area (Å²) in [6.07, 6.45) is 1.72. The van der Waals surface area contributed by atoms with Gasteiger partial charge >= 0.3 is 0 Å². The average Bonchev–Trinajstić information content (AvgIpc) is 2.56. The topological polar surface area (TPSA) is 34.4 Å². The van der Waals surface area contributed by atoms with Gasteiger partial charge < -0.3 is 14.5 Å². The van der Waals surface area contributed by atoms with Crippen LogP contribution in [0.5, 0.6) is 0 Å². The van der Waals surface area contributed by atoms with Crippen molar-refractivity contribution in [3.8, 4) is 0 Å². The highest BCUT2D eigenvalue weighted by molar-refractivity contribution is 5.16. The van der Waals surface area contributed by atoms with Crippen LogP contribution in [0.3, 0.4) is 0 Å². The Morgan fingerprint density at radius 2 is 1.82 bits per heavy atom. The van der Waals surface area contributed by atoms with E-state index in [2.05, 4.69) is 46.9 Å². The summed E-state index contributed by atoms with van der Waals surface area (Å²) in [5.74, 6) is 0.962. The van der Waals surface area contributed by atoms with Gasteiger partial charge in [-0.3, -0.25) is 0 Å². The molecule has 1 heterocycles. The molecular weight excluding hydrogens is 214 g/mol. The second-order valence-electron chi connectivity index (χ2n) is 6.37. The molecular formula is C14H25NO2. The normalized spacial score (nSPS) is 13.1. The zero-order valence-corrected chi connectivity index (χ0v) is 11.9. The van der Waals surface area contributed by atoms with Crippen LogP contribution in [0.25, 0.3) is 0 Å². The van der Waals surface area contributed by atoms with Crippen LogP contribution in [0.2, 0.25) is 0 Å². The molecule has 3 nitrogen and oxygen atoms in total. The van der Waals surface area contributed by atoms with Gasteiger partial charge in [-0.25, -0.2) is 0 Å². The summed E-state index contributed by atoms with van der Waals surface area (Å²) in [7, 11) is 0. The third kappa shape index (κ3) is 5.89. The highest BCUT2D eigenvalue weighted by Crippen LogP contribution is 2.17. The van der Waals surface area contributed by atoms with Crippen LogP contribution in [0.4, 0.5) is 0 Å². The predicted molar refractivity (Wildman–Crippen MR) is 69.8 cm³/mol. The molecule has 0 spiro atoms. The van der Waals surface area contributed by atoms with E-state index in [0.29, 0.717) is 6.61 Å². The van der Waals surface area contributed by atoms with Crippen molar-refractivity contribution in [2.45, 2.75) is 65.8 Å². The van der Waals surface area contributed by atoms with Gasteiger partial charge in [0.1, 0.15) is 5.76 Å². The van der Waals surface area contributed by atoms with Crippen molar-refractivity contribution in [2.75, 3.05) is 0 Å². The predicted octanol–water partition coefficient (Wildman–Crippen LogP) is 3.48. The maximum Gasteiger partial charge on any atom is 0.123 e. The number of ether oxygens (including phenoxy) is 1. The lowest BCUT2D eigenvalue weighted by Crippen LogP contribution is -2.35. The molecule has 0 fully saturated rings. The van der Waals surface area contributed by atoms with E-state index in [-0.39, 0.29) is 11.1 Å². The summed E-state index contributed by atoms with van der Waals surface area (Å²) in [5, 5.41) is 3.41. The molecule has 0 aliphatic heterocycles. The maximum absolute atomic E-state index is 5.76. The molecule has 0 amide bonds. The Balaban J connectivity index is 2.54. The Labute approximate surface area is 105 Å². The highest BCUT2D eigenvalue weighted by atomic mass is 16.5. The van der Waals surface area contributed by atoms with Crippen molar-refractivity contribution in [1.29, 1.82) is 0 Å². The molecule has 1 aromatic heterocycles. The second-order valence-corrected chi connectivity index (χ2v) is 6.37. The van der Waals surface area contributed by atoms with E-state index in [9.17, 15) is 0 Å². The van der Waals surface area contributed by atoms with E-state index >= 15 is 0 Å². The van der Waals surface area contributed by atoms with Gasteiger partial charge in [0.05, 0.1) is 25.0 Å². The van der Waals surface area contributed by atoms with Crippen molar-refractivity contribution >= 4 is 0 Å². The fourth-order valence-electron chi connectivity index (χ4n) is 1.29. The molecule has 3 heteroatoms. The quantitative estimate of drug-likeness (QED) is 0.873. The fraction of sp³-hybridized carbons (Fsp3) is 0.714. The van der Waals surface area contributed by atoms with Gasteiger partial charge in [-0.2, -0.15) is 0 Å². The molecule has 17 heavy (non-hydrogen) atoms. The lowest BCUT2D eigenvalue weighted by Gasteiger charge is -2.21. The molecule has 0 radical (unpaired) electrons. The third-order valence-corrected chi connectivity index (χ3v) is 2.28. The minimum atomic E-state index is -0.119. The first-order chi connectivity index (χ1) is 7.67. The van der Waals surface area contributed by atoms with Gasteiger partial charge in [-0.15, -0.1) is 0 Å².